The minimum atomic E-state index is 0.792. The van der Waals surface area contributed by atoms with Gasteiger partial charge in [-0.1, -0.05) is 60.7 Å². The molecular formula is C22H31N3O. The van der Waals surface area contributed by atoms with Crippen LogP contribution in [0, 0.1) is 0 Å². The number of unbranched alkanes of at least 4 members (excludes halogenated alkanes) is 1. The lowest BCUT2D eigenvalue weighted by atomic mass is 10.1. The van der Waals surface area contributed by atoms with Gasteiger partial charge < -0.3 is 15.4 Å². The van der Waals surface area contributed by atoms with Crippen LogP contribution in [-0.4, -0.2) is 39.3 Å². The number of hydrogen-bond donors (Lipinski definition) is 2. The molecule has 0 aliphatic carbocycles. The molecule has 0 saturated heterocycles. The van der Waals surface area contributed by atoms with E-state index < -0.39 is 0 Å². The maximum atomic E-state index is 5.71. The van der Waals surface area contributed by atoms with Gasteiger partial charge in [0, 0.05) is 26.7 Å². The Hall–Kier alpha value is -2.33. The Balaban J connectivity index is 1.45. The summed E-state index contributed by atoms with van der Waals surface area (Å²) in [5.74, 6) is 0.867. The van der Waals surface area contributed by atoms with Crippen molar-refractivity contribution in [3.8, 4) is 0 Å². The van der Waals surface area contributed by atoms with Crippen molar-refractivity contribution in [2.24, 2.45) is 4.99 Å². The largest absolute Gasteiger partial charge is 0.381 e. The minimum absolute atomic E-state index is 0.792. The normalized spacial score (nSPS) is 11.3. The Labute approximate surface area is 157 Å². The van der Waals surface area contributed by atoms with Crippen molar-refractivity contribution in [1.82, 2.24) is 10.6 Å². The molecule has 0 aliphatic rings. The van der Waals surface area contributed by atoms with Gasteiger partial charge in [0.05, 0.1) is 6.61 Å². The number of hydrogen-bond acceptors (Lipinski definition) is 2. The summed E-state index contributed by atoms with van der Waals surface area (Å²) in [5.41, 5.74) is 2.67. The second kappa shape index (κ2) is 13.0. The number of nitrogens with zero attached hydrogens (tertiary/aromatic N) is 1. The molecule has 0 aliphatic heterocycles. The van der Waals surface area contributed by atoms with Crippen LogP contribution in [0.5, 0.6) is 0 Å². The third-order valence-corrected chi connectivity index (χ3v) is 4.16. The van der Waals surface area contributed by atoms with E-state index in [2.05, 4.69) is 64.2 Å². The average molecular weight is 354 g/mol. The standard InChI is InChI=1S/C22H31N3O/c1-23-22(25-17-14-20-10-4-2-5-11-20)24-16-8-9-18-26-19-15-21-12-6-3-7-13-21/h2-7,10-13H,8-9,14-19H2,1H3,(H2,23,24,25). The predicted molar refractivity (Wildman–Crippen MR) is 110 cm³/mol. The molecule has 2 aromatic carbocycles. The molecule has 2 aromatic rings. The number of aliphatic imine (C=N–C) groups is 1. The van der Waals surface area contributed by atoms with Crippen LogP contribution in [0.2, 0.25) is 0 Å². The number of ether oxygens (including phenoxy) is 1. The molecule has 0 aromatic heterocycles. The highest BCUT2D eigenvalue weighted by Gasteiger charge is 1.98. The summed E-state index contributed by atoms with van der Waals surface area (Å²) in [7, 11) is 1.81. The van der Waals surface area contributed by atoms with Crippen LogP contribution in [0.25, 0.3) is 0 Å². The van der Waals surface area contributed by atoms with Gasteiger partial charge in [-0.25, -0.2) is 0 Å². The SMILES string of the molecule is CN=C(NCCCCOCCc1ccccc1)NCCc1ccccc1. The van der Waals surface area contributed by atoms with Crippen LogP contribution in [0.15, 0.2) is 65.7 Å². The van der Waals surface area contributed by atoms with Gasteiger partial charge in [0.1, 0.15) is 0 Å². The Kier molecular flexibility index (Phi) is 9.96. The van der Waals surface area contributed by atoms with E-state index in [1.807, 2.05) is 19.2 Å². The third-order valence-electron chi connectivity index (χ3n) is 4.16. The van der Waals surface area contributed by atoms with Gasteiger partial charge in [-0.2, -0.15) is 0 Å². The Morgan fingerprint density at radius 2 is 1.38 bits per heavy atom. The van der Waals surface area contributed by atoms with Crippen LogP contribution in [-0.2, 0) is 17.6 Å². The van der Waals surface area contributed by atoms with Gasteiger partial charge in [0.2, 0.25) is 0 Å². The molecule has 0 atom stereocenters. The van der Waals surface area contributed by atoms with Crippen LogP contribution >= 0.6 is 0 Å². The van der Waals surface area contributed by atoms with E-state index in [9.17, 15) is 0 Å². The van der Waals surface area contributed by atoms with Gasteiger partial charge in [0.15, 0.2) is 5.96 Å². The fourth-order valence-electron chi connectivity index (χ4n) is 2.66. The van der Waals surface area contributed by atoms with Gasteiger partial charge in [-0.05, 0) is 36.8 Å². The molecule has 0 fully saturated rings. The van der Waals surface area contributed by atoms with Crippen molar-refractivity contribution >= 4 is 5.96 Å². The fourth-order valence-corrected chi connectivity index (χ4v) is 2.66. The predicted octanol–water partition coefficient (Wildman–Crippen LogP) is 3.43. The van der Waals surface area contributed by atoms with Gasteiger partial charge in [-0.15, -0.1) is 0 Å². The lowest BCUT2D eigenvalue weighted by Crippen LogP contribution is -2.38. The van der Waals surface area contributed by atoms with Crippen LogP contribution in [0.3, 0.4) is 0 Å². The van der Waals surface area contributed by atoms with Crippen molar-refractivity contribution in [3.05, 3.63) is 71.8 Å². The summed E-state index contributed by atoms with van der Waals surface area (Å²) < 4.78 is 5.71. The molecule has 0 unspecified atom stereocenters. The second-order valence-electron chi connectivity index (χ2n) is 6.22. The summed E-state index contributed by atoms with van der Waals surface area (Å²) in [5, 5.41) is 6.71. The first-order valence-corrected chi connectivity index (χ1v) is 9.48. The summed E-state index contributed by atoms with van der Waals surface area (Å²) in [4.78, 5) is 4.26. The Bertz CT molecular complexity index is 614. The van der Waals surface area contributed by atoms with Gasteiger partial charge in [0.25, 0.3) is 0 Å². The van der Waals surface area contributed by atoms with E-state index in [0.29, 0.717) is 0 Å². The summed E-state index contributed by atoms with van der Waals surface area (Å²) in [6.07, 6.45) is 4.11. The van der Waals surface area contributed by atoms with E-state index in [-0.39, 0.29) is 0 Å². The topological polar surface area (TPSA) is 45.7 Å². The number of guanidine groups is 1. The summed E-state index contributed by atoms with van der Waals surface area (Å²) in [6, 6.07) is 21.0. The third kappa shape index (κ3) is 8.67. The molecular weight excluding hydrogens is 322 g/mol. The average Bonchev–Trinajstić information content (AvgIpc) is 2.70. The maximum Gasteiger partial charge on any atom is 0.190 e. The van der Waals surface area contributed by atoms with Crippen molar-refractivity contribution in [1.29, 1.82) is 0 Å². The smallest absolute Gasteiger partial charge is 0.190 e. The zero-order valence-corrected chi connectivity index (χ0v) is 15.8. The number of benzene rings is 2. The van der Waals surface area contributed by atoms with Crippen LogP contribution in [0.1, 0.15) is 24.0 Å². The quantitative estimate of drug-likeness (QED) is 0.370. The molecule has 140 valence electrons. The zero-order chi connectivity index (χ0) is 18.3. The van der Waals surface area contributed by atoms with Gasteiger partial charge >= 0.3 is 0 Å². The molecule has 4 nitrogen and oxygen atoms in total. The first-order valence-electron chi connectivity index (χ1n) is 9.48. The van der Waals surface area contributed by atoms with Crippen molar-refractivity contribution in [3.63, 3.8) is 0 Å². The first-order chi connectivity index (χ1) is 12.9. The first kappa shape index (κ1) is 20.0. The second-order valence-corrected chi connectivity index (χ2v) is 6.22. The van der Waals surface area contributed by atoms with Crippen molar-refractivity contribution < 1.29 is 4.74 Å². The molecule has 0 spiro atoms. The Morgan fingerprint density at radius 1 is 0.769 bits per heavy atom. The van der Waals surface area contributed by atoms with E-state index in [4.69, 9.17) is 4.74 Å². The van der Waals surface area contributed by atoms with E-state index in [1.54, 1.807) is 0 Å². The van der Waals surface area contributed by atoms with Crippen LogP contribution < -0.4 is 10.6 Å². The van der Waals surface area contributed by atoms with E-state index >= 15 is 0 Å². The van der Waals surface area contributed by atoms with Crippen molar-refractivity contribution in [2.45, 2.75) is 25.7 Å². The summed E-state index contributed by atoms with van der Waals surface area (Å²) >= 11 is 0. The summed E-state index contributed by atoms with van der Waals surface area (Å²) in [6.45, 7) is 3.40. The van der Waals surface area contributed by atoms with Crippen LogP contribution in [0.4, 0.5) is 0 Å². The number of nitrogens with one attached hydrogen (secondary N) is 2. The van der Waals surface area contributed by atoms with Gasteiger partial charge in [-0.3, -0.25) is 4.99 Å². The lowest BCUT2D eigenvalue weighted by molar-refractivity contribution is 0.133. The minimum Gasteiger partial charge on any atom is -0.381 e. The highest BCUT2D eigenvalue weighted by atomic mass is 16.5. The van der Waals surface area contributed by atoms with E-state index in [1.165, 1.54) is 11.1 Å². The Morgan fingerprint density at radius 3 is 2.04 bits per heavy atom. The maximum absolute atomic E-state index is 5.71. The molecule has 2 rings (SSSR count). The molecule has 2 N–H and O–H groups in total. The molecule has 4 heteroatoms. The molecule has 0 radical (unpaired) electrons. The molecule has 0 amide bonds. The lowest BCUT2D eigenvalue weighted by Gasteiger charge is -2.12. The highest BCUT2D eigenvalue weighted by molar-refractivity contribution is 5.79. The fraction of sp³-hybridized carbons (Fsp3) is 0.409. The zero-order valence-electron chi connectivity index (χ0n) is 15.8. The monoisotopic (exact) mass is 353 g/mol. The number of rotatable bonds is 11. The highest BCUT2D eigenvalue weighted by Crippen LogP contribution is 2.00. The molecule has 0 heterocycles. The van der Waals surface area contributed by atoms with Crippen molar-refractivity contribution in [2.75, 3.05) is 33.4 Å². The molecule has 0 bridgehead atoms. The molecule has 0 saturated carbocycles. The molecule has 26 heavy (non-hydrogen) atoms. The van der Waals surface area contributed by atoms with E-state index in [0.717, 1.165) is 57.9 Å².